The lowest BCUT2D eigenvalue weighted by Gasteiger charge is -2.18. The van der Waals surface area contributed by atoms with Crippen molar-refractivity contribution in [2.24, 2.45) is 0 Å². The second-order valence-electron chi connectivity index (χ2n) is 5.93. The minimum absolute atomic E-state index is 0.122. The van der Waals surface area contributed by atoms with Crippen molar-refractivity contribution < 1.29 is 9.18 Å². The van der Waals surface area contributed by atoms with Crippen molar-refractivity contribution in [3.63, 3.8) is 0 Å². The predicted molar refractivity (Wildman–Crippen MR) is 102 cm³/mol. The van der Waals surface area contributed by atoms with Crippen LogP contribution in [0.25, 0.3) is 0 Å². The Morgan fingerprint density at radius 2 is 1.85 bits per heavy atom. The number of nitrogens with one attached hydrogen (secondary N) is 1. The summed E-state index contributed by atoms with van der Waals surface area (Å²) < 4.78 is 13.9. The van der Waals surface area contributed by atoms with Gasteiger partial charge in [0, 0.05) is 37.2 Å². The average molecular weight is 360 g/mol. The summed E-state index contributed by atoms with van der Waals surface area (Å²) in [7, 11) is 1.71. The third kappa shape index (κ3) is 4.28. The summed E-state index contributed by atoms with van der Waals surface area (Å²) in [6.07, 6.45) is 3.16. The molecule has 0 unspecified atom stereocenters. The predicted octanol–water partition coefficient (Wildman–Crippen LogP) is 3.98. The van der Waals surface area contributed by atoms with Gasteiger partial charge in [-0.3, -0.25) is 9.78 Å². The molecular formula is C21H17FN4O. The number of benzene rings is 2. The molecule has 0 bridgehead atoms. The lowest BCUT2D eigenvalue weighted by Crippen LogP contribution is -2.26. The molecule has 1 amide bonds. The second kappa shape index (κ2) is 8.11. The molecule has 0 aliphatic heterocycles. The van der Waals surface area contributed by atoms with Gasteiger partial charge in [0.1, 0.15) is 5.82 Å². The molecule has 5 nitrogen and oxygen atoms in total. The summed E-state index contributed by atoms with van der Waals surface area (Å²) in [5.41, 5.74) is 2.87. The van der Waals surface area contributed by atoms with Crippen LogP contribution in [0.5, 0.6) is 0 Å². The van der Waals surface area contributed by atoms with Gasteiger partial charge in [-0.25, -0.2) is 4.39 Å². The summed E-state index contributed by atoms with van der Waals surface area (Å²) in [5.74, 6) is -0.587. The summed E-state index contributed by atoms with van der Waals surface area (Å²) in [5, 5.41) is 11.8. The van der Waals surface area contributed by atoms with E-state index in [4.69, 9.17) is 5.26 Å². The van der Waals surface area contributed by atoms with Crippen LogP contribution in [0.4, 0.5) is 15.8 Å². The number of amides is 1. The van der Waals surface area contributed by atoms with E-state index < -0.39 is 5.82 Å². The van der Waals surface area contributed by atoms with E-state index in [1.54, 1.807) is 48.6 Å². The molecule has 0 fully saturated rings. The first-order valence-electron chi connectivity index (χ1n) is 8.29. The van der Waals surface area contributed by atoms with Crippen molar-refractivity contribution >= 4 is 17.3 Å². The van der Waals surface area contributed by atoms with Crippen molar-refractivity contribution in [3.8, 4) is 6.07 Å². The van der Waals surface area contributed by atoms with E-state index in [2.05, 4.69) is 10.3 Å². The van der Waals surface area contributed by atoms with Gasteiger partial charge in [-0.05, 0) is 48.0 Å². The molecule has 1 aromatic heterocycles. The summed E-state index contributed by atoms with van der Waals surface area (Å²) in [4.78, 5) is 17.9. The van der Waals surface area contributed by atoms with Crippen molar-refractivity contribution in [2.45, 2.75) is 6.54 Å². The van der Waals surface area contributed by atoms with Gasteiger partial charge in [-0.2, -0.15) is 5.26 Å². The SMILES string of the molecule is CN(C(=O)c1ccncc1)c1ccc(CNc2ccc(C#N)cc2F)cc1. The number of nitriles is 1. The van der Waals surface area contributed by atoms with Crippen LogP contribution in [0.3, 0.4) is 0 Å². The van der Waals surface area contributed by atoms with Crippen LogP contribution in [0.1, 0.15) is 21.5 Å². The zero-order chi connectivity index (χ0) is 19.2. The number of nitrogens with zero attached hydrogens (tertiary/aromatic N) is 3. The molecule has 3 rings (SSSR count). The Labute approximate surface area is 156 Å². The van der Waals surface area contributed by atoms with E-state index in [0.717, 1.165) is 11.3 Å². The third-order valence-electron chi connectivity index (χ3n) is 4.14. The largest absolute Gasteiger partial charge is 0.379 e. The van der Waals surface area contributed by atoms with E-state index >= 15 is 0 Å². The fraction of sp³-hybridized carbons (Fsp3) is 0.0952. The Hall–Kier alpha value is -3.72. The second-order valence-corrected chi connectivity index (χ2v) is 5.93. The standard InChI is InChI=1S/C21H17FN4O/c1-26(21(27)17-8-10-24-11-9-17)18-5-2-15(3-6-18)14-25-20-7-4-16(13-23)12-19(20)22/h2-12,25H,14H2,1H3. The van der Waals surface area contributed by atoms with Gasteiger partial charge in [0.15, 0.2) is 0 Å². The molecule has 1 heterocycles. The minimum Gasteiger partial charge on any atom is -0.379 e. The number of anilines is 2. The number of carbonyl (C=O) groups excluding carboxylic acids is 1. The quantitative estimate of drug-likeness (QED) is 0.747. The molecule has 0 spiro atoms. The Kier molecular flexibility index (Phi) is 5.43. The van der Waals surface area contributed by atoms with Crippen LogP contribution in [-0.2, 0) is 6.54 Å². The van der Waals surface area contributed by atoms with Crippen molar-refractivity contribution in [1.82, 2.24) is 4.98 Å². The lowest BCUT2D eigenvalue weighted by atomic mass is 10.1. The van der Waals surface area contributed by atoms with Crippen molar-refractivity contribution in [3.05, 3.63) is 89.5 Å². The lowest BCUT2D eigenvalue weighted by molar-refractivity contribution is 0.0993. The molecule has 27 heavy (non-hydrogen) atoms. The zero-order valence-electron chi connectivity index (χ0n) is 14.7. The molecule has 0 aliphatic rings. The first-order valence-corrected chi connectivity index (χ1v) is 8.29. The average Bonchev–Trinajstić information content (AvgIpc) is 2.72. The van der Waals surface area contributed by atoms with E-state index in [-0.39, 0.29) is 11.5 Å². The molecule has 3 aromatic rings. The molecule has 6 heteroatoms. The van der Waals surface area contributed by atoms with Gasteiger partial charge in [0.05, 0.1) is 17.3 Å². The number of halogens is 1. The number of hydrogen-bond acceptors (Lipinski definition) is 4. The number of rotatable bonds is 5. The van der Waals surface area contributed by atoms with Gasteiger partial charge >= 0.3 is 0 Å². The number of pyridine rings is 1. The van der Waals surface area contributed by atoms with Gasteiger partial charge in [-0.15, -0.1) is 0 Å². The highest BCUT2D eigenvalue weighted by atomic mass is 19.1. The van der Waals surface area contributed by atoms with Crippen LogP contribution in [0.2, 0.25) is 0 Å². The van der Waals surface area contributed by atoms with Crippen molar-refractivity contribution in [2.75, 3.05) is 17.3 Å². The third-order valence-corrected chi connectivity index (χ3v) is 4.14. The van der Waals surface area contributed by atoms with Crippen LogP contribution in [0, 0.1) is 17.1 Å². The zero-order valence-corrected chi connectivity index (χ0v) is 14.7. The van der Waals surface area contributed by atoms with E-state index in [1.807, 2.05) is 30.3 Å². The maximum atomic E-state index is 13.9. The van der Waals surface area contributed by atoms with E-state index in [1.165, 1.54) is 6.07 Å². The fourth-order valence-corrected chi connectivity index (χ4v) is 2.57. The summed E-state index contributed by atoms with van der Waals surface area (Å²) in [6, 6.07) is 17.0. The Morgan fingerprint density at radius 3 is 2.48 bits per heavy atom. The van der Waals surface area contributed by atoms with Gasteiger partial charge in [-0.1, -0.05) is 12.1 Å². The molecule has 0 radical (unpaired) electrons. The van der Waals surface area contributed by atoms with E-state index in [9.17, 15) is 9.18 Å². The molecule has 0 aliphatic carbocycles. The van der Waals surface area contributed by atoms with Crippen molar-refractivity contribution in [1.29, 1.82) is 5.26 Å². The normalized spacial score (nSPS) is 10.1. The maximum Gasteiger partial charge on any atom is 0.258 e. The van der Waals surface area contributed by atoms with Gasteiger partial charge < -0.3 is 10.2 Å². The van der Waals surface area contributed by atoms with Crippen LogP contribution >= 0.6 is 0 Å². The molecular weight excluding hydrogens is 343 g/mol. The highest BCUT2D eigenvalue weighted by Gasteiger charge is 2.13. The Balaban J connectivity index is 1.65. The monoisotopic (exact) mass is 360 g/mol. The smallest absolute Gasteiger partial charge is 0.258 e. The molecule has 134 valence electrons. The number of hydrogen-bond donors (Lipinski definition) is 1. The van der Waals surface area contributed by atoms with Gasteiger partial charge in [0.2, 0.25) is 0 Å². The molecule has 0 saturated carbocycles. The number of aromatic nitrogens is 1. The molecule has 0 atom stereocenters. The fourth-order valence-electron chi connectivity index (χ4n) is 2.57. The highest BCUT2D eigenvalue weighted by Crippen LogP contribution is 2.19. The summed E-state index contributed by atoms with van der Waals surface area (Å²) >= 11 is 0. The first-order chi connectivity index (χ1) is 13.1. The first kappa shape index (κ1) is 18.1. The van der Waals surface area contributed by atoms with Crippen LogP contribution < -0.4 is 10.2 Å². The van der Waals surface area contributed by atoms with Gasteiger partial charge in [0.25, 0.3) is 5.91 Å². The van der Waals surface area contributed by atoms with Crippen LogP contribution in [-0.4, -0.2) is 17.9 Å². The molecule has 0 saturated heterocycles. The maximum absolute atomic E-state index is 13.9. The Morgan fingerprint density at radius 1 is 1.15 bits per heavy atom. The molecule has 1 N–H and O–H groups in total. The molecule has 2 aromatic carbocycles. The Bertz CT molecular complexity index is 981. The van der Waals surface area contributed by atoms with E-state index in [0.29, 0.717) is 17.8 Å². The highest BCUT2D eigenvalue weighted by molar-refractivity contribution is 6.05. The number of carbonyl (C=O) groups is 1. The van der Waals surface area contributed by atoms with Crippen LogP contribution in [0.15, 0.2) is 67.0 Å². The topological polar surface area (TPSA) is 69.0 Å². The summed E-state index contributed by atoms with van der Waals surface area (Å²) in [6.45, 7) is 0.422. The minimum atomic E-state index is -0.464.